The highest BCUT2D eigenvalue weighted by Gasteiger charge is 2.35. The fraction of sp³-hybridized carbons (Fsp3) is 0.429. The van der Waals surface area contributed by atoms with E-state index in [1.807, 2.05) is 51.1 Å². The maximum absolute atomic E-state index is 13.3. The molecule has 0 aromatic heterocycles. The lowest BCUT2D eigenvalue weighted by Crippen LogP contribution is -2.51. The average Bonchev–Trinajstić information content (AvgIpc) is 3.11. The summed E-state index contributed by atoms with van der Waals surface area (Å²) in [6, 6.07) is 16.1. The van der Waals surface area contributed by atoms with E-state index in [1.165, 1.54) is 4.90 Å². The van der Waals surface area contributed by atoms with E-state index in [1.54, 1.807) is 29.2 Å². The highest BCUT2D eigenvalue weighted by atomic mass is 16.2. The zero-order chi connectivity index (χ0) is 25.4. The van der Waals surface area contributed by atoms with Gasteiger partial charge in [-0.05, 0) is 50.3 Å². The summed E-state index contributed by atoms with van der Waals surface area (Å²) in [5, 5.41) is 3.01. The minimum atomic E-state index is -0.570. The van der Waals surface area contributed by atoms with Gasteiger partial charge in [-0.25, -0.2) is 0 Å². The van der Waals surface area contributed by atoms with Crippen molar-refractivity contribution < 1.29 is 19.2 Å². The molecule has 0 aliphatic carbocycles. The van der Waals surface area contributed by atoms with Gasteiger partial charge in [0, 0.05) is 25.6 Å². The monoisotopic (exact) mass is 477 g/mol. The number of hydrogen-bond acceptors (Lipinski definition) is 4. The Labute approximate surface area is 207 Å². The second-order valence-electron chi connectivity index (χ2n) is 8.98. The van der Waals surface area contributed by atoms with Crippen molar-refractivity contribution in [2.45, 2.75) is 65.0 Å². The van der Waals surface area contributed by atoms with Gasteiger partial charge in [0.25, 0.3) is 11.8 Å². The van der Waals surface area contributed by atoms with Crippen molar-refractivity contribution >= 4 is 23.6 Å². The van der Waals surface area contributed by atoms with Crippen molar-refractivity contribution in [2.24, 2.45) is 0 Å². The van der Waals surface area contributed by atoms with Crippen molar-refractivity contribution in [1.29, 1.82) is 0 Å². The Morgan fingerprint density at radius 2 is 1.51 bits per heavy atom. The van der Waals surface area contributed by atoms with Gasteiger partial charge in [-0.15, -0.1) is 0 Å². The molecular weight excluding hydrogens is 442 g/mol. The number of carbonyl (C=O) groups excluding carboxylic acids is 4. The molecule has 0 fully saturated rings. The lowest BCUT2D eigenvalue weighted by atomic mass is 10.1. The Morgan fingerprint density at radius 1 is 0.914 bits per heavy atom. The first-order chi connectivity index (χ1) is 16.9. The van der Waals surface area contributed by atoms with Crippen LogP contribution < -0.4 is 5.32 Å². The largest absolute Gasteiger partial charge is 0.352 e. The summed E-state index contributed by atoms with van der Waals surface area (Å²) in [5.74, 6) is -0.941. The van der Waals surface area contributed by atoms with Gasteiger partial charge in [-0.3, -0.25) is 24.1 Å². The quantitative estimate of drug-likeness (QED) is 0.471. The van der Waals surface area contributed by atoms with Crippen molar-refractivity contribution in [1.82, 2.24) is 15.1 Å². The number of hydrogen-bond donors (Lipinski definition) is 1. The second kappa shape index (κ2) is 12.3. The molecule has 0 bridgehead atoms. The number of imide groups is 1. The van der Waals surface area contributed by atoms with Crippen molar-refractivity contribution in [3.63, 3.8) is 0 Å². The summed E-state index contributed by atoms with van der Waals surface area (Å²) in [7, 11) is 0. The van der Waals surface area contributed by atoms with Gasteiger partial charge in [0.05, 0.1) is 11.1 Å². The molecule has 35 heavy (non-hydrogen) atoms. The number of carbonyl (C=O) groups is 4. The molecule has 1 aliphatic heterocycles. The molecule has 3 rings (SSSR count). The standard InChI is InChI=1S/C28H35N3O4/c1-4-20(3)29-26(33)24(5-2)30(19-17-21-12-7-6-8-13-21)25(32)16-11-18-31-27(34)22-14-9-10-15-23(22)28(31)35/h6-10,12-15,20,24H,4-5,11,16-19H2,1-3H3,(H,29,33)/t20-,24+/m1/s1. The van der Waals surface area contributed by atoms with Crippen LogP contribution in [0.15, 0.2) is 54.6 Å². The number of benzene rings is 2. The summed E-state index contributed by atoms with van der Waals surface area (Å²) < 4.78 is 0. The van der Waals surface area contributed by atoms with E-state index >= 15 is 0 Å². The predicted molar refractivity (Wildman–Crippen MR) is 135 cm³/mol. The lowest BCUT2D eigenvalue weighted by molar-refractivity contribution is -0.141. The van der Waals surface area contributed by atoms with Gasteiger partial charge in [-0.1, -0.05) is 56.3 Å². The highest BCUT2D eigenvalue weighted by molar-refractivity contribution is 6.21. The number of nitrogens with zero attached hydrogens (tertiary/aromatic N) is 2. The fourth-order valence-electron chi connectivity index (χ4n) is 4.31. The summed E-state index contributed by atoms with van der Waals surface area (Å²) >= 11 is 0. The first-order valence-corrected chi connectivity index (χ1v) is 12.5. The number of fused-ring (bicyclic) bond motifs is 1. The summed E-state index contributed by atoms with van der Waals surface area (Å²) in [6.45, 7) is 6.44. The van der Waals surface area contributed by atoms with Crippen molar-refractivity contribution in [3.05, 3.63) is 71.3 Å². The molecule has 1 N–H and O–H groups in total. The van der Waals surface area contributed by atoms with Crippen LogP contribution >= 0.6 is 0 Å². The van der Waals surface area contributed by atoms with Crippen LogP contribution in [0.5, 0.6) is 0 Å². The van der Waals surface area contributed by atoms with Gasteiger partial charge in [0.2, 0.25) is 11.8 Å². The fourth-order valence-corrected chi connectivity index (χ4v) is 4.31. The third-order valence-electron chi connectivity index (χ3n) is 6.52. The van der Waals surface area contributed by atoms with Gasteiger partial charge in [0.1, 0.15) is 6.04 Å². The molecule has 0 unspecified atom stereocenters. The summed E-state index contributed by atoms with van der Waals surface area (Å²) in [5.41, 5.74) is 1.90. The smallest absolute Gasteiger partial charge is 0.261 e. The summed E-state index contributed by atoms with van der Waals surface area (Å²) in [6.07, 6.45) is 2.44. The minimum Gasteiger partial charge on any atom is -0.352 e. The summed E-state index contributed by atoms with van der Waals surface area (Å²) in [4.78, 5) is 54.4. The molecule has 1 heterocycles. The topological polar surface area (TPSA) is 86.8 Å². The van der Waals surface area contributed by atoms with E-state index in [0.717, 1.165) is 12.0 Å². The van der Waals surface area contributed by atoms with Gasteiger partial charge in [-0.2, -0.15) is 0 Å². The maximum atomic E-state index is 13.3. The predicted octanol–water partition coefficient (Wildman–Crippen LogP) is 3.83. The SMILES string of the molecule is CC[C@@H](C)NC(=O)[C@H](CC)N(CCc1ccccc1)C(=O)CCCN1C(=O)c2ccccc2C1=O. The second-order valence-corrected chi connectivity index (χ2v) is 8.98. The molecule has 2 aromatic rings. The molecule has 2 atom stereocenters. The van der Waals surface area contributed by atoms with E-state index in [-0.39, 0.29) is 42.6 Å². The van der Waals surface area contributed by atoms with Crippen LogP contribution in [0, 0.1) is 0 Å². The van der Waals surface area contributed by atoms with Crippen LogP contribution in [0.25, 0.3) is 0 Å². The maximum Gasteiger partial charge on any atom is 0.261 e. The van der Waals surface area contributed by atoms with Gasteiger partial charge in [0.15, 0.2) is 0 Å². The molecule has 186 valence electrons. The third-order valence-corrected chi connectivity index (χ3v) is 6.52. The molecule has 0 saturated heterocycles. The van der Waals surface area contributed by atoms with Crippen molar-refractivity contribution in [3.8, 4) is 0 Å². The number of rotatable bonds is 12. The molecule has 0 saturated carbocycles. The lowest BCUT2D eigenvalue weighted by Gasteiger charge is -2.31. The van der Waals surface area contributed by atoms with E-state index in [2.05, 4.69) is 5.32 Å². The van der Waals surface area contributed by atoms with Crippen LogP contribution in [0.4, 0.5) is 0 Å². The number of nitrogens with one attached hydrogen (secondary N) is 1. The zero-order valence-corrected chi connectivity index (χ0v) is 20.8. The van der Waals surface area contributed by atoms with Crippen LogP contribution in [0.3, 0.4) is 0 Å². The normalized spacial score (nSPS) is 14.4. The highest BCUT2D eigenvalue weighted by Crippen LogP contribution is 2.23. The van der Waals surface area contributed by atoms with Crippen LogP contribution in [-0.4, -0.2) is 58.6 Å². The first kappa shape index (κ1) is 26.1. The first-order valence-electron chi connectivity index (χ1n) is 12.5. The van der Waals surface area contributed by atoms with Gasteiger partial charge >= 0.3 is 0 Å². The molecule has 1 aliphatic rings. The van der Waals surface area contributed by atoms with Gasteiger partial charge < -0.3 is 10.2 Å². The molecule has 7 nitrogen and oxygen atoms in total. The van der Waals surface area contributed by atoms with E-state index in [4.69, 9.17) is 0 Å². The molecular formula is C28H35N3O4. The van der Waals surface area contributed by atoms with Crippen LogP contribution in [0.1, 0.15) is 72.7 Å². The third kappa shape index (κ3) is 6.35. The molecule has 2 aromatic carbocycles. The molecule has 7 heteroatoms. The zero-order valence-electron chi connectivity index (χ0n) is 20.8. The van der Waals surface area contributed by atoms with Crippen LogP contribution in [0.2, 0.25) is 0 Å². The Balaban J connectivity index is 1.66. The Kier molecular flexibility index (Phi) is 9.18. The van der Waals surface area contributed by atoms with Crippen LogP contribution in [-0.2, 0) is 16.0 Å². The minimum absolute atomic E-state index is 0.0245. The molecule has 4 amide bonds. The van der Waals surface area contributed by atoms with Crippen molar-refractivity contribution in [2.75, 3.05) is 13.1 Å². The Morgan fingerprint density at radius 3 is 2.09 bits per heavy atom. The molecule has 0 spiro atoms. The number of amides is 4. The Hall–Kier alpha value is -3.48. The van der Waals surface area contributed by atoms with E-state index in [0.29, 0.717) is 36.9 Å². The molecule has 0 radical (unpaired) electrons. The average molecular weight is 478 g/mol. The van der Waals surface area contributed by atoms with E-state index in [9.17, 15) is 19.2 Å². The van der Waals surface area contributed by atoms with E-state index < -0.39 is 6.04 Å². The Bertz CT molecular complexity index is 1020.